The van der Waals surface area contributed by atoms with E-state index in [0.717, 1.165) is 21.2 Å². The number of thiophene rings is 1. The van der Waals surface area contributed by atoms with Gasteiger partial charge in [-0.05, 0) is 62.8 Å². The zero-order valence-corrected chi connectivity index (χ0v) is 20.0. The van der Waals surface area contributed by atoms with E-state index in [9.17, 15) is 14.4 Å². The van der Waals surface area contributed by atoms with Crippen LogP contribution in [0.3, 0.4) is 0 Å². The third kappa shape index (κ3) is 12.4. The van der Waals surface area contributed by atoms with Crippen LogP contribution in [0.1, 0.15) is 47.3 Å². The molecular weight excluding hydrogens is 448 g/mol. The average Bonchev–Trinajstić information content (AvgIpc) is 3.29. The molecule has 174 valence electrons. The number of carboxylic acid groups (broad SMARTS) is 2. The number of thioether (sulfide) groups is 1. The summed E-state index contributed by atoms with van der Waals surface area (Å²) in [7, 11) is 4.25. The topological polar surface area (TPSA) is 108 Å². The summed E-state index contributed by atoms with van der Waals surface area (Å²) in [5, 5.41) is 18.4. The van der Waals surface area contributed by atoms with Crippen molar-refractivity contribution in [2.24, 2.45) is 0 Å². The highest BCUT2D eigenvalue weighted by Crippen LogP contribution is 2.25. The highest BCUT2D eigenvalue weighted by Gasteiger charge is 2.15. The standard InChI is InChI=1S/C19H26N2OS2.C4H4O4/c1-21(2)13-6-4-3-5-7-14-24-19-16(10-8-12-20-19)18(22)17-11-9-15-23-17;5-3(6)1-2-4(7)8/h8-12,15H,3-7,13-14H2,1-2H3;1-2H,(H,5,6)(H,7,8)/b;2-1+. The number of hydrogen-bond donors (Lipinski definition) is 2. The Hall–Kier alpha value is -2.49. The summed E-state index contributed by atoms with van der Waals surface area (Å²) in [5.74, 6) is -1.40. The first-order chi connectivity index (χ1) is 15.3. The Morgan fingerprint density at radius 1 is 1.00 bits per heavy atom. The Morgan fingerprint density at radius 3 is 2.25 bits per heavy atom. The molecule has 0 saturated heterocycles. The van der Waals surface area contributed by atoms with E-state index in [4.69, 9.17) is 10.2 Å². The molecular formula is C23H30N2O5S2. The van der Waals surface area contributed by atoms with Gasteiger partial charge in [-0.15, -0.1) is 23.1 Å². The molecule has 0 amide bonds. The number of carbonyl (C=O) groups excluding carboxylic acids is 1. The molecule has 0 aromatic carbocycles. The summed E-state index contributed by atoms with van der Waals surface area (Å²) in [4.78, 5) is 39.1. The predicted molar refractivity (Wildman–Crippen MR) is 129 cm³/mol. The molecule has 0 spiro atoms. The minimum atomic E-state index is -1.26. The van der Waals surface area contributed by atoms with E-state index < -0.39 is 11.9 Å². The van der Waals surface area contributed by atoms with E-state index in [0.29, 0.717) is 12.2 Å². The smallest absolute Gasteiger partial charge is 0.328 e. The number of aromatic nitrogens is 1. The van der Waals surface area contributed by atoms with Crippen LogP contribution >= 0.6 is 23.1 Å². The van der Waals surface area contributed by atoms with Crippen molar-refractivity contribution >= 4 is 40.8 Å². The van der Waals surface area contributed by atoms with Crippen LogP contribution in [0.2, 0.25) is 0 Å². The molecule has 0 aliphatic carbocycles. The number of carboxylic acids is 2. The number of rotatable bonds is 13. The van der Waals surface area contributed by atoms with Crippen molar-refractivity contribution in [1.82, 2.24) is 9.88 Å². The van der Waals surface area contributed by atoms with Gasteiger partial charge in [0, 0.05) is 18.3 Å². The Bertz CT molecular complexity index is 851. The molecule has 2 aromatic heterocycles. The third-order valence-corrected chi connectivity index (χ3v) is 6.08. The molecule has 0 fully saturated rings. The number of aliphatic carboxylic acids is 2. The molecule has 7 nitrogen and oxygen atoms in total. The number of carbonyl (C=O) groups is 3. The van der Waals surface area contributed by atoms with Crippen LogP contribution in [0, 0.1) is 0 Å². The molecule has 2 heterocycles. The van der Waals surface area contributed by atoms with Crippen LogP contribution in [0.4, 0.5) is 0 Å². The van der Waals surface area contributed by atoms with Gasteiger partial charge in [0.05, 0.1) is 10.4 Å². The lowest BCUT2D eigenvalue weighted by molar-refractivity contribution is -0.134. The summed E-state index contributed by atoms with van der Waals surface area (Å²) in [6, 6.07) is 7.52. The lowest BCUT2D eigenvalue weighted by Crippen LogP contribution is -2.12. The molecule has 2 aromatic rings. The Balaban J connectivity index is 0.000000547. The summed E-state index contributed by atoms with van der Waals surface area (Å²) in [5.41, 5.74) is 0.732. The monoisotopic (exact) mass is 478 g/mol. The molecule has 2 N–H and O–H groups in total. The summed E-state index contributed by atoms with van der Waals surface area (Å²) in [6.45, 7) is 1.18. The highest BCUT2D eigenvalue weighted by molar-refractivity contribution is 7.99. The number of nitrogens with zero attached hydrogens (tertiary/aromatic N) is 2. The Morgan fingerprint density at radius 2 is 1.66 bits per heavy atom. The van der Waals surface area contributed by atoms with Crippen molar-refractivity contribution in [3.63, 3.8) is 0 Å². The van der Waals surface area contributed by atoms with Crippen molar-refractivity contribution < 1.29 is 24.6 Å². The maximum atomic E-state index is 12.5. The van der Waals surface area contributed by atoms with Gasteiger partial charge in [0.15, 0.2) is 0 Å². The van der Waals surface area contributed by atoms with Gasteiger partial charge in [-0.2, -0.15) is 0 Å². The summed E-state index contributed by atoms with van der Waals surface area (Å²) < 4.78 is 0. The van der Waals surface area contributed by atoms with Crippen molar-refractivity contribution in [2.75, 3.05) is 26.4 Å². The normalized spacial score (nSPS) is 10.7. The van der Waals surface area contributed by atoms with E-state index >= 15 is 0 Å². The van der Waals surface area contributed by atoms with Gasteiger partial charge in [-0.1, -0.05) is 25.3 Å². The number of unbranched alkanes of at least 4 members (excludes halogenated alkanes) is 4. The molecule has 0 atom stereocenters. The number of pyridine rings is 1. The summed E-state index contributed by atoms with van der Waals surface area (Å²) in [6.07, 6.45) is 9.18. The van der Waals surface area contributed by atoms with E-state index in [1.54, 1.807) is 18.0 Å². The fourth-order valence-corrected chi connectivity index (χ4v) is 4.26. The maximum absolute atomic E-state index is 12.5. The van der Waals surface area contributed by atoms with Crippen LogP contribution < -0.4 is 0 Å². The van der Waals surface area contributed by atoms with Gasteiger partial charge in [0.2, 0.25) is 5.78 Å². The SMILES string of the molecule is CN(C)CCCCCCCSc1ncccc1C(=O)c1cccs1.O=C(O)/C=C/C(=O)O. The second kappa shape index (κ2) is 16.2. The third-order valence-electron chi connectivity index (χ3n) is 4.12. The van der Waals surface area contributed by atoms with Crippen molar-refractivity contribution in [2.45, 2.75) is 37.1 Å². The zero-order chi connectivity index (χ0) is 23.8. The first kappa shape index (κ1) is 27.5. The van der Waals surface area contributed by atoms with Crippen molar-refractivity contribution in [1.29, 1.82) is 0 Å². The largest absolute Gasteiger partial charge is 0.478 e. The lowest BCUT2D eigenvalue weighted by atomic mass is 10.1. The first-order valence-electron chi connectivity index (χ1n) is 10.3. The molecule has 0 saturated carbocycles. The van der Waals surface area contributed by atoms with Gasteiger partial charge in [0.1, 0.15) is 5.03 Å². The van der Waals surface area contributed by atoms with Crippen LogP contribution in [0.25, 0.3) is 0 Å². The Kier molecular flexibility index (Phi) is 13.9. The van der Waals surface area contributed by atoms with Gasteiger partial charge in [-0.25, -0.2) is 14.6 Å². The average molecular weight is 479 g/mol. The number of ketones is 1. The van der Waals surface area contributed by atoms with E-state index in [1.807, 2.05) is 29.6 Å². The Labute approximate surface area is 197 Å². The maximum Gasteiger partial charge on any atom is 0.328 e. The van der Waals surface area contributed by atoms with Gasteiger partial charge in [-0.3, -0.25) is 4.79 Å². The van der Waals surface area contributed by atoms with Gasteiger partial charge < -0.3 is 15.1 Å². The van der Waals surface area contributed by atoms with Crippen LogP contribution in [0.5, 0.6) is 0 Å². The molecule has 0 unspecified atom stereocenters. The second-order valence-electron chi connectivity index (χ2n) is 7.09. The second-order valence-corrected chi connectivity index (χ2v) is 9.12. The predicted octanol–water partition coefficient (Wildman–Crippen LogP) is 4.69. The van der Waals surface area contributed by atoms with Crippen LogP contribution in [0.15, 0.2) is 53.0 Å². The molecule has 0 aliphatic heterocycles. The molecule has 9 heteroatoms. The van der Waals surface area contributed by atoms with Crippen LogP contribution in [-0.4, -0.2) is 64.2 Å². The molecule has 0 radical (unpaired) electrons. The minimum absolute atomic E-state index is 0.0873. The molecule has 0 aliphatic rings. The highest BCUT2D eigenvalue weighted by atomic mass is 32.2. The van der Waals surface area contributed by atoms with Crippen molar-refractivity contribution in [3.8, 4) is 0 Å². The summed E-state index contributed by atoms with van der Waals surface area (Å²) >= 11 is 3.19. The van der Waals surface area contributed by atoms with Gasteiger partial charge in [0.25, 0.3) is 0 Å². The molecule has 2 rings (SSSR count). The quantitative estimate of drug-likeness (QED) is 0.185. The van der Waals surface area contributed by atoms with E-state index in [-0.39, 0.29) is 5.78 Å². The fourth-order valence-electron chi connectivity index (χ4n) is 2.59. The molecule has 0 bridgehead atoms. The first-order valence-corrected chi connectivity index (χ1v) is 12.1. The van der Waals surface area contributed by atoms with Gasteiger partial charge >= 0.3 is 11.9 Å². The number of hydrogen-bond acceptors (Lipinski definition) is 7. The van der Waals surface area contributed by atoms with Crippen molar-refractivity contribution in [3.05, 3.63) is 58.4 Å². The lowest BCUT2D eigenvalue weighted by Gasteiger charge is -2.09. The molecule has 32 heavy (non-hydrogen) atoms. The zero-order valence-electron chi connectivity index (χ0n) is 18.4. The minimum Gasteiger partial charge on any atom is -0.478 e. The van der Waals surface area contributed by atoms with E-state index in [1.165, 1.54) is 50.0 Å². The van der Waals surface area contributed by atoms with E-state index in [2.05, 4.69) is 24.0 Å². The van der Waals surface area contributed by atoms with Crippen LogP contribution in [-0.2, 0) is 9.59 Å². The fraction of sp³-hybridized carbons (Fsp3) is 0.391.